The average Bonchev–Trinajstić information content (AvgIpc) is 2.64. The van der Waals surface area contributed by atoms with E-state index < -0.39 is 0 Å². The Labute approximate surface area is 144 Å². The first-order chi connectivity index (χ1) is 11.6. The van der Waals surface area contributed by atoms with Gasteiger partial charge in [0.15, 0.2) is 0 Å². The maximum atomic E-state index is 12.8. The van der Waals surface area contributed by atoms with Crippen LogP contribution in [-0.2, 0) is 5.41 Å². The molecular weight excluding hydrogens is 296 g/mol. The average molecular weight is 322 g/mol. The highest BCUT2D eigenvalue weighted by Gasteiger charge is 2.37. The lowest BCUT2D eigenvalue weighted by molar-refractivity contribution is 0.0713. The zero-order chi connectivity index (χ0) is 17.0. The van der Waals surface area contributed by atoms with Crippen LogP contribution in [0.25, 0.3) is 0 Å². The Bertz CT molecular complexity index is 661. The molecule has 1 amide bonds. The van der Waals surface area contributed by atoms with Gasteiger partial charge in [0.25, 0.3) is 5.91 Å². The molecule has 0 spiro atoms. The van der Waals surface area contributed by atoms with Crippen LogP contribution in [0.15, 0.2) is 60.7 Å². The third-order valence-electron chi connectivity index (χ3n) is 5.24. The number of amides is 1. The summed E-state index contributed by atoms with van der Waals surface area (Å²) in [6.07, 6.45) is 2.17. The smallest absolute Gasteiger partial charge is 0.253 e. The maximum absolute atomic E-state index is 12.8. The largest absolute Gasteiger partial charge is 0.341 e. The lowest BCUT2D eigenvalue weighted by atomic mass is 9.72. The highest BCUT2D eigenvalue weighted by atomic mass is 16.2. The fourth-order valence-corrected chi connectivity index (χ4v) is 3.70. The number of piperidine rings is 1. The van der Waals surface area contributed by atoms with Crippen molar-refractivity contribution in [3.05, 3.63) is 71.8 Å². The number of hydrogen-bond donors (Lipinski definition) is 0. The molecule has 3 rings (SSSR count). The quantitative estimate of drug-likeness (QED) is 0.861. The molecule has 126 valence electrons. The summed E-state index contributed by atoms with van der Waals surface area (Å²) in [5.74, 6) is 0.102. The van der Waals surface area contributed by atoms with Crippen LogP contribution in [0.2, 0.25) is 0 Å². The van der Waals surface area contributed by atoms with Crippen molar-refractivity contribution in [1.29, 1.82) is 0 Å². The summed E-state index contributed by atoms with van der Waals surface area (Å²) in [6.45, 7) is 2.91. The Balaban J connectivity index is 1.83. The first kappa shape index (κ1) is 16.7. The van der Waals surface area contributed by atoms with E-state index in [1.807, 2.05) is 42.3 Å². The molecule has 1 heterocycles. The monoisotopic (exact) mass is 322 g/mol. The predicted octanol–water partition coefficient (Wildman–Crippen LogP) is 3.42. The van der Waals surface area contributed by atoms with Crippen LogP contribution in [0.4, 0.5) is 0 Å². The Kier molecular flexibility index (Phi) is 5.00. The number of carbonyl (C=O) groups excluding carboxylic acids is 1. The van der Waals surface area contributed by atoms with Gasteiger partial charge in [-0.2, -0.15) is 0 Å². The first-order valence-corrected chi connectivity index (χ1v) is 8.65. The van der Waals surface area contributed by atoms with Gasteiger partial charge in [0.1, 0.15) is 0 Å². The van der Waals surface area contributed by atoms with Crippen molar-refractivity contribution in [2.24, 2.45) is 0 Å². The Morgan fingerprint density at radius 1 is 1.00 bits per heavy atom. The van der Waals surface area contributed by atoms with Crippen molar-refractivity contribution in [2.45, 2.75) is 18.3 Å². The second-order valence-electron chi connectivity index (χ2n) is 6.98. The van der Waals surface area contributed by atoms with Gasteiger partial charge in [-0.3, -0.25) is 4.79 Å². The van der Waals surface area contributed by atoms with Crippen LogP contribution in [0, 0.1) is 0 Å². The SMILES string of the molecule is CN1CCC(CN(C)C(=O)c2ccccc2)(c2ccccc2)CC1. The number of nitrogens with zero attached hydrogens (tertiary/aromatic N) is 2. The molecule has 0 unspecified atom stereocenters. The van der Waals surface area contributed by atoms with Crippen molar-refractivity contribution in [1.82, 2.24) is 9.80 Å². The molecule has 3 nitrogen and oxygen atoms in total. The van der Waals surface area contributed by atoms with Gasteiger partial charge >= 0.3 is 0 Å². The third-order valence-corrected chi connectivity index (χ3v) is 5.24. The minimum absolute atomic E-state index is 0.0486. The molecule has 24 heavy (non-hydrogen) atoms. The molecule has 1 aliphatic heterocycles. The van der Waals surface area contributed by atoms with E-state index in [2.05, 4.69) is 42.3 Å². The molecule has 2 aromatic rings. The number of likely N-dealkylation sites (tertiary alicyclic amines) is 1. The summed E-state index contributed by atoms with van der Waals surface area (Å²) < 4.78 is 0. The van der Waals surface area contributed by atoms with Gasteiger partial charge in [-0.05, 0) is 50.7 Å². The minimum atomic E-state index is 0.0486. The van der Waals surface area contributed by atoms with Gasteiger partial charge in [0, 0.05) is 24.6 Å². The van der Waals surface area contributed by atoms with Crippen molar-refractivity contribution < 1.29 is 4.79 Å². The molecule has 0 aromatic heterocycles. The van der Waals surface area contributed by atoms with E-state index in [0.29, 0.717) is 0 Å². The van der Waals surface area contributed by atoms with Crippen molar-refractivity contribution in [2.75, 3.05) is 33.7 Å². The zero-order valence-corrected chi connectivity index (χ0v) is 14.6. The van der Waals surface area contributed by atoms with Crippen LogP contribution in [-0.4, -0.2) is 49.4 Å². The van der Waals surface area contributed by atoms with Crippen LogP contribution in [0.1, 0.15) is 28.8 Å². The predicted molar refractivity (Wildman–Crippen MR) is 98.3 cm³/mol. The van der Waals surface area contributed by atoms with Gasteiger partial charge in [0.2, 0.25) is 0 Å². The summed E-state index contributed by atoms with van der Waals surface area (Å²) in [4.78, 5) is 17.0. The Hall–Kier alpha value is -2.13. The van der Waals surface area contributed by atoms with E-state index in [4.69, 9.17) is 0 Å². The van der Waals surface area contributed by atoms with Crippen molar-refractivity contribution >= 4 is 5.91 Å². The van der Waals surface area contributed by atoms with Crippen molar-refractivity contribution in [3.8, 4) is 0 Å². The number of hydrogen-bond acceptors (Lipinski definition) is 2. The van der Waals surface area contributed by atoms with Crippen LogP contribution < -0.4 is 0 Å². The second-order valence-corrected chi connectivity index (χ2v) is 6.98. The fourth-order valence-electron chi connectivity index (χ4n) is 3.70. The summed E-state index contributed by atoms with van der Waals surface area (Å²) in [7, 11) is 4.10. The minimum Gasteiger partial charge on any atom is -0.341 e. The van der Waals surface area contributed by atoms with E-state index in [1.54, 1.807) is 0 Å². The molecule has 0 aliphatic carbocycles. The van der Waals surface area contributed by atoms with E-state index in [0.717, 1.165) is 38.0 Å². The van der Waals surface area contributed by atoms with Gasteiger partial charge in [-0.15, -0.1) is 0 Å². The molecule has 1 saturated heterocycles. The number of likely N-dealkylation sites (N-methyl/N-ethyl adjacent to an activating group) is 1. The van der Waals surface area contributed by atoms with Crippen LogP contribution in [0.3, 0.4) is 0 Å². The summed E-state index contributed by atoms with van der Waals surface area (Å²) in [6, 6.07) is 20.3. The van der Waals surface area contributed by atoms with E-state index in [1.165, 1.54) is 5.56 Å². The second kappa shape index (κ2) is 7.18. The van der Waals surface area contributed by atoms with Crippen LogP contribution in [0.5, 0.6) is 0 Å². The van der Waals surface area contributed by atoms with E-state index >= 15 is 0 Å². The summed E-state index contributed by atoms with van der Waals surface area (Å²) in [5, 5.41) is 0. The normalized spacial score (nSPS) is 17.4. The fraction of sp³-hybridized carbons (Fsp3) is 0.381. The Morgan fingerprint density at radius 3 is 2.12 bits per heavy atom. The Morgan fingerprint density at radius 2 is 1.54 bits per heavy atom. The highest BCUT2D eigenvalue weighted by Crippen LogP contribution is 2.36. The summed E-state index contributed by atoms with van der Waals surface area (Å²) >= 11 is 0. The number of benzene rings is 2. The molecule has 1 aliphatic rings. The standard InChI is InChI=1S/C21H26N2O/c1-22-15-13-21(14-16-22,19-11-7-4-8-12-19)17-23(2)20(24)18-9-5-3-6-10-18/h3-12H,13-17H2,1-2H3. The van der Waals surface area contributed by atoms with Crippen molar-refractivity contribution in [3.63, 3.8) is 0 Å². The molecule has 3 heteroatoms. The van der Waals surface area contributed by atoms with Crippen LogP contribution >= 0.6 is 0 Å². The number of carbonyl (C=O) groups is 1. The van der Waals surface area contributed by atoms with Gasteiger partial charge < -0.3 is 9.80 Å². The molecule has 0 atom stereocenters. The molecule has 0 radical (unpaired) electrons. The molecule has 0 bridgehead atoms. The first-order valence-electron chi connectivity index (χ1n) is 8.65. The third kappa shape index (κ3) is 3.51. The lowest BCUT2D eigenvalue weighted by Crippen LogP contribution is -2.48. The topological polar surface area (TPSA) is 23.6 Å². The lowest BCUT2D eigenvalue weighted by Gasteiger charge is -2.43. The molecule has 0 saturated carbocycles. The molecule has 1 fully saturated rings. The molecule has 2 aromatic carbocycles. The molecular formula is C21H26N2O. The molecule has 0 N–H and O–H groups in total. The highest BCUT2D eigenvalue weighted by molar-refractivity contribution is 5.94. The summed E-state index contributed by atoms with van der Waals surface area (Å²) in [5.41, 5.74) is 2.16. The van der Waals surface area contributed by atoms with Gasteiger partial charge in [-0.1, -0.05) is 48.5 Å². The maximum Gasteiger partial charge on any atom is 0.253 e. The zero-order valence-electron chi connectivity index (χ0n) is 14.6. The van der Waals surface area contributed by atoms with Gasteiger partial charge in [-0.25, -0.2) is 0 Å². The van der Waals surface area contributed by atoms with E-state index in [9.17, 15) is 4.79 Å². The van der Waals surface area contributed by atoms with Gasteiger partial charge in [0.05, 0.1) is 0 Å². The van der Waals surface area contributed by atoms with E-state index in [-0.39, 0.29) is 11.3 Å². The number of rotatable bonds is 4.